The Labute approximate surface area is 126 Å². The standard InChI is InChI=1S/C14H15N5O3/c20-12(6-7-13(21)22)15-10-3-1-2-9(8-10)14-16-17-18-19(14)11-4-5-11/h1-3,8,11H,4-7H2,(H,15,20)(H,21,22). The van der Waals surface area contributed by atoms with Crippen molar-refractivity contribution in [3.05, 3.63) is 24.3 Å². The summed E-state index contributed by atoms with van der Waals surface area (Å²) in [6.45, 7) is 0. The van der Waals surface area contributed by atoms with Gasteiger partial charge in [0.15, 0.2) is 5.82 Å². The lowest BCUT2D eigenvalue weighted by Gasteiger charge is -2.07. The van der Waals surface area contributed by atoms with Gasteiger partial charge in [-0.1, -0.05) is 12.1 Å². The molecule has 1 heterocycles. The van der Waals surface area contributed by atoms with Crippen LogP contribution in [0.25, 0.3) is 11.4 Å². The van der Waals surface area contributed by atoms with Gasteiger partial charge >= 0.3 is 5.97 Å². The molecule has 8 heteroatoms. The van der Waals surface area contributed by atoms with Crippen molar-refractivity contribution >= 4 is 17.6 Å². The predicted octanol–water partition coefficient (Wildman–Crippen LogP) is 1.48. The lowest BCUT2D eigenvalue weighted by Crippen LogP contribution is -2.13. The summed E-state index contributed by atoms with van der Waals surface area (Å²) in [5, 5.41) is 23.0. The molecular weight excluding hydrogens is 286 g/mol. The van der Waals surface area contributed by atoms with E-state index in [0.717, 1.165) is 18.4 Å². The number of carbonyl (C=O) groups is 2. The van der Waals surface area contributed by atoms with E-state index < -0.39 is 5.97 Å². The highest BCUT2D eigenvalue weighted by Crippen LogP contribution is 2.36. The van der Waals surface area contributed by atoms with Gasteiger partial charge in [-0.05, 0) is 35.4 Å². The van der Waals surface area contributed by atoms with Gasteiger partial charge < -0.3 is 10.4 Å². The van der Waals surface area contributed by atoms with E-state index in [1.54, 1.807) is 22.9 Å². The molecule has 0 saturated heterocycles. The van der Waals surface area contributed by atoms with E-state index in [4.69, 9.17) is 5.11 Å². The van der Waals surface area contributed by atoms with Crippen molar-refractivity contribution in [3.63, 3.8) is 0 Å². The minimum absolute atomic E-state index is 0.0562. The Kier molecular flexibility index (Phi) is 3.82. The highest BCUT2D eigenvalue weighted by molar-refractivity contribution is 5.92. The van der Waals surface area contributed by atoms with Crippen molar-refractivity contribution in [1.82, 2.24) is 20.2 Å². The summed E-state index contributed by atoms with van der Waals surface area (Å²) in [6.07, 6.45) is 1.90. The molecule has 0 spiro atoms. The van der Waals surface area contributed by atoms with Crippen LogP contribution < -0.4 is 5.32 Å². The average molecular weight is 301 g/mol. The van der Waals surface area contributed by atoms with Crippen molar-refractivity contribution in [2.45, 2.75) is 31.7 Å². The number of benzene rings is 1. The molecule has 114 valence electrons. The van der Waals surface area contributed by atoms with Crippen molar-refractivity contribution in [3.8, 4) is 11.4 Å². The van der Waals surface area contributed by atoms with Crippen LogP contribution in [0.2, 0.25) is 0 Å². The minimum atomic E-state index is -0.993. The zero-order valence-electron chi connectivity index (χ0n) is 11.8. The number of amides is 1. The Bertz CT molecular complexity index is 708. The predicted molar refractivity (Wildman–Crippen MR) is 77.0 cm³/mol. The van der Waals surface area contributed by atoms with E-state index >= 15 is 0 Å². The Morgan fingerprint density at radius 2 is 2.14 bits per heavy atom. The number of nitrogens with one attached hydrogen (secondary N) is 1. The van der Waals surface area contributed by atoms with Crippen LogP contribution in [0.1, 0.15) is 31.7 Å². The topological polar surface area (TPSA) is 110 Å². The van der Waals surface area contributed by atoms with E-state index in [-0.39, 0.29) is 18.7 Å². The summed E-state index contributed by atoms with van der Waals surface area (Å²) in [5.74, 6) is -0.655. The number of aliphatic carboxylic acids is 1. The lowest BCUT2D eigenvalue weighted by molar-refractivity contribution is -0.138. The molecular formula is C14H15N5O3. The maximum absolute atomic E-state index is 11.7. The van der Waals surface area contributed by atoms with Gasteiger partial charge in [0.1, 0.15) is 0 Å². The minimum Gasteiger partial charge on any atom is -0.481 e. The summed E-state index contributed by atoms with van der Waals surface area (Å²) in [4.78, 5) is 22.1. The van der Waals surface area contributed by atoms with Gasteiger partial charge in [0.25, 0.3) is 0 Å². The number of carboxylic acid groups (broad SMARTS) is 1. The fourth-order valence-corrected chi connectivity index (χ4v) is 2.13. The van der Waals surface area contributed by atoms with Crippen LogP contribution in [0.3, 0.4) is 0 Å². The quantitative estimate of drug-likeness (QED) is 0.836. The molecule has 0 atom stereocenters. The third-order valence-corrected chi connectivity index (χ3v) is 3.36. The number of nitrogens with zero attached hydrogens (tertiary/aromatic N) is 4. The van der Waals surface area contributed by atoms with Gasteiger partial charge in [-0.25, -0.2) is 4.68 Å². The molecule has 1 saturated carbocycles. The molecule has 1 amide bonds. The number of hydrogen-bond acceptors (Lipinski definition) is 5. The lowest BCUT2D eigenvalue weighted by atomic mass is 10.2. The molecule has 1 aromatic heterocycles. The third-order valence-electron chi connectivity index (χ3n) is 3.36. The van der Waals surface area contributed by atoms with Crippen LogP contribution in [0.4, 0.5) is 5.69 Å². The molecule has 0 radical (unpaired) electrons. The fraction of sp³-hybridized carbons (Fsp3) is 0.357. The third kappa shape index (κ3) is 3.27. The first-order valence-corrected chi connectivity index (χ1v) is 7.03. The highest BCUT2D eigenvalue weighted by atomic mass is 16.4. The summed E-state index contributed by atoms with van der Waals surface area (Å²) in [6, 6.07) is 7.56. The fourth-order valence-electron chi connectivity index (χ4n) is 2.13. The molecule has 1 fully saturated rings. The maximum atomic E-state index is 11.7. The summed E-state index contributed by atoms with van der Waals surface area (Å²) < 4.78 is 1.80. The van der Waals surface area contributed by atoms with Crippen molar-refractivity contribution in [1.29, 1.82) is 0 Å². The number of anilines is 1. The molecule has 2 N–H and O–H groups in total. The monoisotopic (exact) mass is 301 g/mol. The van der Waals surface area contributed by atoms with Crippen molar-refractivity contribution in [2.75, 3.05) is 5.32 Å². The Morgan fingerprint density at radius 3 is 2.86 bits per heavy atom. The summed E-state index contributed by atoms with van der Waals surface area (Å²) in [5.41, 5.74) is 1.41. The maximum Gasteiger partial charge on any atom is 0.303 e. The molecule has 2 aromatic rings. The molecule has 0 aliphatic heterocycles. The number of rotatable bonds is 6. The zero-order valence-corrected chi connectivity index (χ0v) is 11.8. The zero-order chi connectivity index (χ0) is 15.5. The molecule has 3 rings (SSSR count). The number of aromatic nitrogens is 4. The van der Waals surface area contributed by atoms with Crippen LogP contribution >= 0.6 is 0 Å². The van der Waals surface area contributed by atoms with Crippen LogP contribution in [-0.4, -0.2) is 37.2 Å². The van der Waals surface area contributed by atoms with Crippen LogP contribution in [0, 0.1) is 0 Å². The molecule has 0 unspecified atom stereocenters. The molecule has 1 aromatic carbocycles. The van der Waals surface area contributed by atoms with Crippen molar-refractivity contribution < 1.29 is 14.7 Å². The summed E-state index contributed by atoms with van der Waals surface area (Å²) in [7, 11) is 0. The second kappa shape index (κ2) is 5.92. The van der Waals surface area contributed by atoms with Gasteiger partial charge in [-0.15, -0.1) is 5.10 Å². The number of hydrogen-bond donors (Lipinski definition) is 2. The smallest absolute Gasteiger partial charge is 0.303 e. The van der Waals surface area contributed by atoms with Gasteiger partial charge in [-0.3, -0.25) is 9.59 Å². The molecule has 1 aliphatic carbocycles. The SMILES string of the molecule is O=C(O)CCC(=O)Nc1cccc(-c2nnnn2C2CC2)c1. The van der Waals surface area contributed by atoms with Crippen LogP contribution in [0.5, 0.6) is 0 Å². The Hall–Kier alpha value is -2.77. The van der Waals surface area contributed by atoms with E-state index in [9.17, 15) is 9.59 Å². The molecule has 0 bridgehead atoms. The summed E-state index contributed by atoms with van der Waals surface area (Å²) >= 11 is 0. The molecule has 8 nitrogen and oxygen atoms in total. The number of carbonyl (C=O) groups excluding carboxylic acids is 1. The molecule has 22 heavy (non-hydrogen) atoms. The Morgan fingerprint density at radius 1 is 1.32 bits per heavy atom. The van der Waals surface area contributed by atoms with E-state index in [1.807, 2.05) is 6.07 Å². The van der Waals surface area contributed by atoms with E-state index in [1.165, 1.54) is 0 Å². The second-order valence-electron chi connectivity index (χ2n) is 5.20. The van der Waals surface area contributed by atoms with Gasteiger partial charge in [0.05, 0.1) is 12.5 Å². The Balaban J connectivity index is 1.73. The van der Waals surface area contributed by atoms with E-state index in [0.29, 0.717) is 17.6 Å². The first-order chi connectivity index (χ1) is 10.6. The van der Waals surface area contributed by atoms with Gasteiger partial charge in [0.2, 0.25) is 5.91 Å². The first kappa shape index (κ1) is 14.2. The number of carboxylic acids is 1. The second-order valence-corrected chi connectivity index (χ2v) is 5.20. The average Bonchev–Trinajstić information content (AvgIpc) is 3.22. The number of tetrazole rings is 1. The molecule has 1 aliphatic rings. The van der Waals surface area contributed by atoms with Crippen LogP contribution in [0.15, 0.2) is 24.3 Å². The first-order valence-electron chi connectivity index (χ1n) is 7.03. The van der Waals surface area contributed by atoms with Gasteiger partial charge in [-0.2, -0.15) is 0 Å². The van der Waals surface area contributed by atoms with Crippen LogP contribution in [-0.2, 0) is 9.59 Å². The van der Waals surface area contributed by atoms with E-state index in [2.05, 4.69) is 20.8 Å². The largest absolute Gasteiger partial charge is 0.481 e. The van der Waals surface area contributed by atoms with Gasteiger partial charge in [0, 0.05) is 17.7 Å². The normalized spacial score (nSPS) is 13.8. The highest BCUT2D eigenvalue weighted by Gasteiger charge is 2.28. The van der Waals surface area contributed by atoms with Crippen molar-refractivity contribution in [2.24, 2.45) is 0 Å².